The third-order valence-electron chi connectivity index (χ3n) is 4.73. The minimum atomic E-state index is -0.984. The average Bonchev–Trinajstić information content (AvgIpc) is 3.19. The normalized spacial score (nSPS) is 11.7. The molecular weight excluding hydrogens is 382 g/mol. The second-order valence-electron chi connectivity index (χ2n) is 7.10. The van der Waals surface area contributed by atoms with Crippen molar-refractivity contribution < 1.29 is 14.7 Å². The van der Waals surface area contributed by atoms with E-state index in [1.165, 1.54) is 11.9 Å². The van der Waals surface area contributed by atoms with Gasteiger partial charge in [-0.2, -0.15) is 0 Å². The van der Waals surface area contributed by atoms with Crippen molar-refractivity contribution in [3.63, 3.8) is 0 Å². The Morgan fingerprint density at radius 2 is 1.90 bits per heavy atom. The molecule has 0 saturated heterocycles. The highest BCUT2D eigenvalue weighted by Crippen LogP contribution is 2.20. The van der Waals surface area contributed by atoms with Crippen LogP contribution in [0.3, 0.4) is 0 Å². The lowest BCUT2D eigenvalue weighted by atomic mass is 9.98. The minimum absolute atomic E-state index is 0.0914. The number of anilines is 1. The fraction of sp³-hybridized carbons (Fsp3) is 0.273. The van der Waals surface area contributed by atoms with E-state index < -0.39 is 11.9 Å². The standard InChI is InChI=1S/C22H25N5O3/c23-20-9-8-17(12-25-20)11-18(22(29)30)19-13-27(15-26-19)14-21(28)24-10-4-7-16-5-2-1-3-6-16/h1-3,5-6,8-9,12-13,15,18H,4,7,10-11,14H2,(H2,23,25)(H,24,28)(H,29,30). The van der Waals surface area contributed by atoms with Crippen molar-refractivity contribution in [2.75, 3.05) is 12.3 Å². The molecule has 0 aliphatic rings. The van der Waals surface area contributed by atoms with Gasteiger partial charge in [-0.3, -0.25) is 9.59 Å². The Morgan fingerprint density at radius 1 is 1.10 bits per heavy atom. The quantitative estimate of drug-likeness (QED) is 0.442. The van der Waals surface area contributed by atoms with E-state index in [-0.39, 0.29) is 18.9 Å². The number of aliphatic carboxylic acids is 1. The number of hydrogen-bond donors (Lipinski definition) is 3. The van der Waals surface area contributed by atoms with Crippen LogP contribution in [0.5, 0.6) is 0 Å². The van der Waals surface area contributed by atoms with Crippen LogP contribution in [-0.2, 0) is 29.0 Å². The molecule has 0 fully saturated rings. The first-order chi connectivity index (χ1) is 14.5. The summed E-state index contributed by atoms with van der Waals surface area (Å²) < 4.78 is 1.60. The van der Waals surface area contributed by atoms with Crippen LogP contribution in [0.4, 0.5) is 5.82 Å². The lowest BCUT2D eigenvalue weighted by Crippen LogP contribution is -2.28. The molecule has 4 N–H and O–H groups in total. The molecule has 0 bridgehead atoms. The number of aromatic nitrogens is 3. The molecule has 1 unspecified atom stereocenters. The highest BCUT2D eigenvalue weighted by atomic mass is 16.4. The van der Waals surface area contributed by atoms with E-state index in [0.29, 0.717) is 18.1 Å². The fourth-order valence-corrected chi connectivity index (χ4v) is 3.14. The zero-order valence-corrected chi connectivity index (χ0v) is 16.6. The minimum Gasteiger partial charge on any atom is -0.481 e. The number of carbonyl (C=O) groups is 2. The van der Waals surface area contributed by atoms with Gasteiger partial charge in [-0.1, -0.05) is 36.4 Å². The van der Waals surface area contributed by atoms with Crippen molar-refractivity contribution in [3.05, 3.63) is 78.0 Å². The van der Waals surface area contributed by atoms with Gasteiger partial charge in [-0.15, -0.1) is 0 Å². The fourth-order valence-electron chi connectivity index (χ4n) is 3.14. The number of hydrogen-bond acceptors (Lipinski definition) is 5. The number of nitrogen functional groups attached to an aromatic ring is 1. The van der Waals surface area contributed by atoms with Gasteiger partial charge in [0.2, 0.25) is 5.91 Å². The molecule has 0 spiro atoms. The Labute approximate surface area is 174 Å². The number of rotatable bonds is 10. The Balaban J connectivity index is 1.50. The predicted octanol–water partition coefficient (Wildman–Crippen LogP) is 2.02. The van der Waals surface area contributed by atoms with E-state index in [1.54, 1.807) is 29.1 Å². The van der Waals surface area contributed by atoms with Gasteiger partial charge in [-0.25, -0.2) is 9.97 Å². The SMILES string of the molecule is Nc1ccc(CC(C(=O)O)c2cn(CC(=O)NCCCc3ccccc3)cn2)cn1. The third-order valence-corrected chi connectivity index (χ3v) is 4.73. The van der Waals surface area contributed by atoms with Gasteiger partial charge in [0.25, 0.3) is 0 Å². The zero-order chi connectivity index (χ0) is 21.3. The Morgan fingerprint density at radius 3 is 2.60 bits per heavy atom. The van der Waals surface area contributed by atoms with Crippen LogP contribution in [0.25, 0.3) is 0 Å². The topological polar surface area (TPSA) is 123 Å². The molecule has 156 valence electrons. The molecule has 0 aliphatic heterocycles. The first-order valence-corrected chi connectivity index (χ1v) is 9.77. The molecule has 30 heavy (non-hydrogen) atoms. The van der Waals surface area contributed by atoms with E-state index in [2.05, 4.69) is 27.4 Å². The monoisotopic (exact) mass is 407 g/mol. The van der Waals surface area contributed by atoms with Gasteiger partial charge in [0, 0.05) is 18.9 Å². The number of benzene rings is 1. The Kier molecular flexibility index (Phi) is 7.15. The van der Waals surface area contributed by atoms with Gasteiger partial charge in [0.15, 0.2) is 0 Å². The van der Waals surface area contributed by atoms with E-state index in [0.717, 1.165) is 18.4 Å². The van der Waals surface area contributed by atoms with Crippen molar-refractivity contribution in [2.45, 2.75) is 31.7 Å². The van der Waals surface area contributed by atoms with Crippen LogP contribution in [-0.4, -0.2) is 38.1 Å². The summed E-state index contributed by atoms with van der Waals surface area (Å²) in [6.45, 7) is 0.672. The number of nitrogens with one attached hydrogen (secondary N) is 1. The van der Waals surface area contributed by atoms with Crippen LogP contribution >= 0.6 is 0 Å². The molecule has 0 saturated carbocycles. The summed E-state index contributed by atoms with van der Waals surface area (Å²) in [7, 11) is 0. The number of aryl methyl sites for hydroxylation is 1. The number of carboxylic acid groups (broad SMARTS) is 1. The number of pyridine rings is 1. The van der Waals surface area contributed by atoms with E-state index in [1.807, 2.05) is 18.2 Å². The highest BCUT2D eigenvalue weighted by molar-refractivity contribution is 5.76. The maximum atomic E-state index is 12.2. The molecule has 0 radical (unpaired) electrons. The molecule has 8 nitrogen and oxygen atoms in total. The van der Waals surface area contributed by atoms with Crippen LogP contribution in [0, 0.1) is 0 Å². The van der Waals surface area contributed by atoms with Crippen molar-refractivity contribution in [1.29, 1.82) is 0 Å². The van der Waals surface area contributed by atoms with Gasteiger partial charge >= 0.3 is 5.97 Å². The lowest BCUT2D eigenvalue weighted by Gasteiger charge is -2.10. The number of carboxylic acids is 1. The maximum Gasteiger partial charge on any atom is 0.312 e. The largest absolute Gasteiger partial charge is 0.481 e. The van der Waals surface area contributed by atoms with Crippen LogP contribution in [0.15, 0.2) is 61.2 Å². The lowest BCUT2D eigenvalue weighted by molar-refractivity contribution is -0.138. The summed E-state index contributed by atoms with van der Waals surface area (Å²) in [4.78, 5) is 32.1. The number of carbonyl (C=O) groups excluding carboxylic acids is 1. The van der Waals surface area contributed by atoms with Crippen molar-refractivity contribution in [3.8, 4) is 0 Å². The van der Waals surface area contributed by atoms with Gasteiger partial charge < -0.3 is 20.7 Å². The second kappa shape index (κ2) is 10.2. The zero-order valence-electron chi connectivity index (χ0n) is 16.6. The molecule has 2 heterocycles. The molecule has 8 heteroatoms. The molecule has 1 amide bonds. The Hall–Kier alpha value is -3.68. The molecular formula is C22H25N5O3. The van der Waals surface area contributed by atoms with E-state index in [9.17, 15) is 14.7 Å². The van der Waals surface area contributed by atoms with Gasteiger partial charge in [0.05, 0.1) is 12.0 Å². The summed E-state index contributed by atoms with van der Waals surface area (Å²) in [5, 5.41) is 12.5. The van der Waals surface area contributed by atoms with Crippen LogP contribution in [0.2, 0.25) is 0 Å². The number of amides is 1. The second-order valence-corrected chi connectivity index (χ2v) is 7.10. The van der Waals surface area contributed by atoms with Crippen LogP contribution < -0.4 is 11.1 Å². The summed E-state index contributed by atoms with van der Waals surface area (Å²) in [6.07, 6.45) is 6.64. The van der Waals surface area contributed by atoms with E-state index >= 15 is 0 Å². The van der Waals surface area contributed by atoms with Crippen molar-refractivity contribution in [1.82, 2.24) is 19.9 Å². The van der Waals surface area contributed by atoms with Gasteiger partial charge in [-0.05, 0) is 36.5 Å². The highest BCUT2D eigenvalue weighted by Gasteiger charge is 2.23. The average molecular weight is 407 g/mol. The summed E-state index contributed by atoms with van der Waals surface area (Å²) in [6, 6.07) is 13.5. The smallest absolute Gasteiger partial charge is 0.312 e. The number of imidazole rings is 1. The van der Waals surface area contributed by atoms with Crippen LogP contribution in [0.1, 0.15) is 29.2 Å². The predicted molar refractivity (Wildman–Crippen MR) is 113 cm³/mol. The summed E-state index contributed by atoms with van der Waals surface area (Å²) in [5.41, 5.74) is 7.96. The molecule has 1 aromatic carbocycles. The third kappa shape index (κ3) is 6.16. The number of nitrogens with zero attached hydrogens (tertiary/aromatic N) is 3. The van der Waals surface area contributed by atoms with E-state index in [4.69, 9.17) is 5.73 Å². The van der Waals surface area contributed by atoms with Crippen molar-refractivity contribution in [2.24, 2.45) is 0 Å². The van der Waals surface area contributed by atoms with Crippen molar-refractivity contribution >= 4 is 17.7 Å². The first-order valence-electron chi connectivity index (χ1n) is 9.77. The summed E-state index contributed by atoms with van der Waals surface area (Å²) in [5.74, 6) is -1.57. The molecule has 3 aromatic rings. The maximum absolute atomic E-state index is 12.2. The first kappa shape index (κ1) is 21.0. The Bertz CT molecular complexity index is 970. The molecule has 2 aromatic heterocycles. The number of nitrogens with two attached hydrogens (primary N) is 1. The van der Waals surface area contributed by atoms with Gasteiger partial charge in [0.1, 0.15) is 18.3 Å². The molecule has 3 rings (SSSR count). The molecule has 1 atom stereocenters. The molecule has 0 aliphatic carbocycles. The summed E-state index contributed by atoms with van der Waals surface area (Å²) >= 11 is 0.